The highest BCUT2D eigenvalue weighted by Gasteiger charge is 2.55. The van der Waals surface area contributed by atoms with Crippen molar-refractivity contribution in [2.24, 2.45) is 18.4 Å². The Morgan fingerprint density at radius 1 is 1.07 bits per heavy atom. The van der Waals surface area contributed by atoms with E-state index in [4.69, 9.17) is 0 Å². The molecule has 41 heavy (non-hydrogen) atoms. The van der Waals surface area contributed by atoms with E-state index in [1.54, 1.807) is 23.0 Å². The number of carbonyl (C=O) groups is 1. The number of aryl methyl sites for hydroxylation is 1. The highest BCUT2D eigenvalue weighted by atomic mass is 32.2. The van der Waals surface area contributed by atoms with Crippen molar-refractivity contribution in [1.29, 1.82) is 0 Å². The van der Waals surface area contributed by atoms with Crippen LogP contribution < -0.4 is 0 Å². The van der Waals surface area contributed by atoms with Crippen LogP contribution in [-0.2, 0) is 35.9 Å². The Balaban J connectivity index is 1.44. The van der Waals surface area contributed by atoms with Crippen LogP contribution >= 0.6 is 0 Å². The van der Waals surface area contributed by atoms with E-state index in [0.29, 0.717) is 24.1 Å². The minimum absolute atomic E-state index is 0.0669. The monoisotopic (exact) mass is 588 g/mol. The molecular formula is C27H24F4N6O3S. The van der Waals surface area contributed by atoms with Crippen molar-refractivity contribution in [2.75, 3.05) is 0 Å². The van der Waals surface area contributed by atoms with E-state index in [-0.39, 0.29) is 30.0 Å². The maximum absolute atomic E-state index is 14.2. The van der Waals surface area contributed by atoms with Gasteiger partial charge in [-0.25, -0.2) is 17.5 Å². The second-order valence-corrected chi connectivity index (χ2v) is 12.8. The molecule has 0 saturated heterocycles. The van der Waals surface area contributed by atoms with Gasteiger partial charge in [-0.1, -0.05) is 0 Å². The van der Waals surface area contributed by atoms with Crippen LogP contribution in [0.15, 0.2) is 60.0 Å². The minimum atomic E-state index is -4.69. The number of pyridine rings is 1. The number of rotatable bonds is 5. The molecule has 0 radical (unpaired) electrons. The summed E-state index contributed by atoms with van der Waals surface area (Å²) in [5.74, 6) is -1.44. The van der Waals surface area contributed by atoms with Gasteiger partial charge in [-0.2, -0.15) is 28.2 Å². The molecule has 2 aliphatic rings. The number of alkyl halides is 3. The maximum Gasteiger partial charge on any atom is 0.416 e. The summed E-state index contributed by atoms with van der Waals surface area (Å²) in [5.41, 5.74) is -0.648. The predicted molar refractivity (Wildman–Crippen MR) is 136 cm³/mol. The van der Waals surface area contributed by atoms with Crippen molar-refractivity contribution in [2.45, 2.75) is 48.6 Å². The predicted octanol–water partition coefficient (Wildman–Crippen LogP) is 4.16. The quantitative estimate of drug-likeness (QED) is 0.254. The van der Waals surface area contributed by atoms with E-state index < -0.39 is 49.8 Å². The number of hydrogen-bond acceptors (Lipinski definition) is 7. The fourth-order valence-corrected chi connectivity index (χ4v) is 7.97. The van der Waals surface area contributed by atoms with Crippen LogP contribution in [0.1, 0.15) is 46.6 Å². The lowest BCUT2D eigenvalue weighted by atomic mass is 9.56. The molecule has 0 aliphatic heterocycles. The summed E-state index contributed by atoms with van der Waals surface area (Å²) in [7, 11) is -2.51. The molecule has 0 spiro atoms. The zero-order chi connectivity index (χ0) is 29.2. The van der Waals surface area contributed by atoms with Crippen molar-refractivity contribution in [3.63, 3.8) is 0 Å². The molecule has 4 aromatic rings. The molecule has 0 amide bonds. The Morgan fingerprint density at radius 3 is 2.51 bits per heavy atom. The first-order chi connectivity index (χ1) is 19.4. The normalized spacial score (nSPS) is 22.7. The van der Waals surface area contributed by atoms with Gasteiger partial charge in [0, 0.05) is 24.4 Å². The summed E-state index contributed by atoms with van der Waals surface area (Å²) in [4.78, 5) is 19.4. The van der Waals surface area contributed by atoms with Crippen molar-refractivity contribution in [3.8, 4) is 5.69 Å². The Kier molecular flexibility index (Phi) is 6.36. The van der Waals surface area contributed by atoms with Gasteiger partial charge in [0.15, 0.2) is 10.8 Å². The van der Waals surface area contributed by atoms with Gasteiger partial charge >= 0.3 is 6.18 Å². The zero-order valence-corrected chi connectivity index (χ0v) is 22.5. The van der Waals surface area contributed by atoms with Gasteiger partial charge in [-0.15, -0.1) is 5.10 Å². The second kappa shape index (κ2) is 9.57. The second-order valence-electron chi connectivity index (χ2n) is 10.6. The number of ketones is 1. The molecule has 3 aromatic heterocycles. The lowest BCUT2D eigenvalue weighted by Gasteiger charge is -2.48. The summed E-state index contributed by atoms with van der Waals surface area (Å²) in [6, 6.07) is 7.29. The van der Waals surface area contributed by atoms with E-state index in [0.717, 1.165) is 35.0 Å². The Bertz CT molecular complexity index is 1750. The molecule has 3 heterocycles. The molecule has 2 aliphatic carbocycles. The highest BCUT2D eigenvalue weighted by Crippen LogP contribution is 2.53. The Labute approximate surface area is 232 Å². The van der Waals surface area contributed by atoms with Gasteiger partial charge in [0.05, 0.1) is 28.9 Å². The van der Waals surface area contributed by atoms with Gasteiger partial charge in [0.2, 0.25) is 9.84 Å². The molecule has 1 fully saturated rings. The molecule has 0 N–H and O–H groups in total. The number of sulfone groups is 1. The summed E-state index contributed by atoms with van der Waals surface area (Å²) in [5, 5.41) is 11.1. The summed E-state index contributed by atoms with van der Waals surface area (Å²) >= 11 is 0. The lowest BCUT2D eigenvalue weighted by Crippen LogP contribution is -2.51. The first-order valence-corrected chi connectivity index (χ1v) is 14.4. The number of aromatic nitrogens is 6. The molecule has 214 valence electrons. The number of benzene rings is 1. The van der Waals surface area contributed by atoms with E-state index in [9.17, 15) is 30.8 Å². The Hall–Kier alpha value is -3.94. The van der Waals surface area contributed by atoms with Crippen LogP contribution in [0.4, 0.5) is 17.6 Å². The number of hydrogen-bond donors (Lipinski definition) is 0. The number of Topliss-reactive ketones (excluding diaryl/α,β-unsaturated/α-hetero) is 1. The van der Waals surface area contributed by atoms with Crippen LogP contribution in [-0.4, -0.2) is 49.2 Å². The molecule has 9 nitrogen and oxygen atoms in total. The average molecular weight is 589 g/mol. The third-order valence-electron chi connectivity index (χ3n) is 8.26. The first-order valence-electron chi connectivity index (χ1n) is 12.9. The minimum Gasteiger partial charge on any atom is -0.292 e. The van der Waals surface area contributed by atoms with Crippen LogP contribution in [0.3, 0.4) is 0 Å². The SMILES string of the molecule is Cn1ncc(S(=O)(=O)[C@@H]2CCC3Cc4c(cnn4-c4ccc(F)cc4)C[C@]3(C(=O)c3cc(C(F)(F)F)ccn3)C2)n1. The maximum atomic E-state index is 14.2. The first kappa shape index (κ1) is 27.2. The molecule has 6 rings (SSSR count). The number of halogens is 4. The van der Waals surface area contributed by atoms with Gasteiger partial charge in [0.1, 0.15) is 11.5 Å². The van der Waals surface area contributed by atoms with Crippen LogP contribution in [0.25, 0.3) is 5.69 Å². The van der Waals surface area contributed by atoms with Gasteiger partial charge in [-0.05, 0) is 80.0 Å². The molecule has 1 aromatic carbocycles. The fraction of sp³-hybridized carbons (Fsp3) is 0.370. The van der Waals surface area contributed by atoms with Crippen molar-refractivity contribution in [3.05, 3.63) is 83.3 Å². The van der Waals surface area contributed by atoms with E-state index >= 15 is 0 Å². The molecule has 14 heteroatoms. The lowest BCUT2D eigenvalue weighted by molar-refractivity contribution is -0.137. The van der Waals surface area contributed by atoms with E-state index in [1.807, 2.05) is 0 Å². The largest absolute Gasteiger partial charge is 0.416 e. The Morgan fingerprint density at radius 2 is 1.83 bits per heavy atom. The molecule has 0 bridgehead atoms. The van der Waals surface area contributed by atoms with Gasteiger partial charge in [0.25, 0.3) is 0 Å². The summed E-state index contributed by atoms with van der Waals surface area (Å²) in [6.45, 7) is 0. The van der Waals surface area contributed by atoms with Crippen LogP contribution in [0.5, 0.6) is 0 Å². The van der Waals surface area contributed by atoms with Crippen LogP contribution in [0.2, 0.25) is 0 Å². The van der Waals surface area contributed by atoms with Gasteiger partial charge < -0.3 is 0 Å². The standard InChI is InChI=1S/C27H24F4N6O3S/c1-36-33-15-24(35-36)41(39,40)21-7-2-17-11-23-16(14-34-37(23)20-5-3-19(28)4-6-20)12-26(17,13-21)25(38)22-10-18(8-9-32-22)27(29,30)31/h3-6,8-10,14-15,17,21H,2,7,11-13H2,1H3/t17?,21-,26+/m1/s1. The van der Waals surface area contributed by atoms with E-state index in [1.165, 1.54) is 19.2 Å². The van der Waals surface area contributed by atoms with Crippen molar-refractivity contribution < 1.29 is 30.8 Å². The summed E-state index contributed by atoms with van der Waals surface area (Å²) < 4.78 is 83.0. The van der Waals surface area contributed by atoms with Gasteiger partial charge in [-0.3, -0.25) is 9.78 Å². The smallest absolute Gasteiger partial charge is 0.292 e. The number of fused-ring (bicyclic) bond motifs is 2. The topological polar surface area (TPSA) is 113 Å². The summed E-state index contributed by atoms with van der Waals surface area (Å²) in [6.07, 6.45) is -0.187. The third kappa shape index (κ3) is 4.63. The zero-order valence-electron chi connectivity index (χ0n) is 21.7. The molecule has 3 atom stereocenters. The number of carbonyl (C=O) groups excluding carboxylic acids is 1. The van der Waals surface area contributed by atoms with E-state index in [2.05, 4.69) is 20.3 Å². The molecular weight excluding hydrogens is 564 g/mol. The molecule has 1 saturated carbocycles. The van der Waals surface area contributed by atoms with Crippen LogP contribution in [0, 0.1) is 17.2 Å². The van der Waals surface area contributed by atoms with Crippen molar-refractivity contribution >= 4 is 15.6 Å². The average Bonchev–Trinajstić information content (AvgIpc) is 3.57. The fourth-order valence-electron chi connectivity index (χ4n) is 6.24. The van der Waals surface area contributed by atoms with Crippen molar-refractivity contribution in [1.82, 2.24) is 29.8 Å². The molecule has 1 unspecified atom stereocenters. The highest BCUT2D eigenvalue weighted by molar-refractivity contribution is 7.92. The third-order valence-corrected chi connectivity index (χ3v) is 10.3. The number of nitrogens with zero attached hydrogens (tertiary/aromatic N) is 6.